The molecule has 2 fully saturated rings. The molecule has 0 spiro atoms. The number of hydrogen-bond donors (Lipinski definition) is 0. The van der Waals surface area contributed by atoms with Crippen molar-refractivity contribution in [2.45, 2.75) is 84.0 Å². The lowest BCUT2D eigenvalue weighted by Crippen LogP contribution is -2.58. The molecule has 1 aliphatic carbocycles. The SMILES string of the molecule is CCCC1CC(OC2C=CC(Cl)=CC2C)(C(=O)N2CCC(C(C)C)CC2)CCO1. The molecular weight excluding hydrogens is 386 g/mol. The van der Waals surface area contributed by atoms with Crippen molar-refractivity contribution < 1.29 is 14.3 Å². The van der Waals surface area contributed by atoms with Crippen LogP contribution >= 0.6 is 11.6 Å². The van der Waals surface area contributed by atoms with E-state index in [9.17, 15) is 4.79 Å². The Hall–Kier alpha value is -0.840. The van der Waals surface area contributed by atoms with E-state index in [0.717, 1.165) is 43.8 Å². The zero-order valence-electron chi connectivity index (χ0n) is 18.5. The van der Waals surface area contributed by atoms with Gasteiger partial charge in [0.15, 0.2) is 5.60 Å². The third kappa shape index (κ3) is 5.45. The van der Waals surface area contributed by atoms with E-state index >= 15 is 0 Å². The van der Waals surface area contributed by atoms with Gasteiger partial charge in [-0.2, -0.15) is 0 Å². The standard InChI is InChI=1S/C24H38ClNO3/c1-5-6-21-16-24(11-14-28-21,29-22-8-7-20(25)15-18(22)4)23(27)26-12-9-19(10-13-26)17(2)3/h7-8,15,17-19,21-22H,5-6,9-14,16H2,1-4H3. The fourth-order valence-corrected chi connectivity index (χ4v) is 5.28. The maximum atomic E-state index is 13.8. The number of carbonyl (C=O) groups excluding carboxylic acids is 1. The van der Waals surface area contributed by atoms with E-state index in [1.807, 2.05) is 18.2 Å². The Balaban J connectivity index is 1.77. The third-order valence-corrected chi connectivity index (χ3v) is 7.19. The minimum atomic E-state index is -0.788. The van der Waals surface area contributed by atoms with Gasteiger partial charge in [0.2, 0.25) is 0 Å². The lowest BCUT2D eigenvalue weighted by atomic mass is 9.83. The van der Waals surface area contributed by atoms with Crippen LogP contribution in [-0.4, -0.2) is 48.3 Å². The molecule has 0 aromatic carbocycles. The fourth-order valence-electron chi connectivity index (χ4n) is 5.01. The van der Waals surface area contributed by atoms with E-state index in [4.69, 9.17) is 21.1 Å². The average molecular weight is 424 g/mol. The van der Waals surface area contributed by atoms with E-state index in [0.29, 0.717) is 31.3 Å². The van der Waals surface area contributed by atoms with Crippen LogP contribution in [0.3, 0.4) is 0 Å². The maximum Gasteiger partial charge on any atom is 0.255 e. The highest BCUT2D eigenvalue weighted by Crippen LogP contribution is 2.37. The number of piperidine rings is 1. The summed E-state index contributed by atoms with van der Waals surface area (Å²) in [6.07, 6.45) is 11.4. The second-order valence-corrected chi connectivity index (χ2v) is 9.89. The van der Waals surface area contributed by atoms with Gasteiger partial charge in [0.25, 0.3) is 5.91 Å². The monoisotopic (exact) mass is 423 g/mol. The molecule has 0 saturated carbocycles. The molecule has 3 rings (SSSR count). The summed E-state index contributed by atoms with van der Waals surface area (Å²) >= 11 is 6.17. The first kappa shape index (κ1) is 22.8. The number of halogens is 1. The summed E-state index contributed by atoms with van der Waals surface area (Å²) in [5.74, 6) is 1.72. The normalized spacial score (nSPS) is 33.8. The molecule has 3 aliphatic rings. The van der Waals surface area contributed by atoms with E-state index < -0.39 is 5.60 Å². The van der Waals surface area contributed by atoms with Crippen LogP contribution in [0.5, 0.6) is 0 Å². The number of amides is 1. The molecule has 0 aromatic rings. The number of rotatable bonds is 6. The summed E-state index contributed by atoms with van der Waals surface area (Å²) in [5, 5.41) is 0.740. The van der Waals surface area contributed by atoms with E-state index in [1.54, 1.807) is 0 Å². The molecule has 29 heavy (non-hydrogen) atoms. The molecule has 4 unspecified atom stereocenters. The van der Waals surface area contributed by atoms with Gasteiger partial charge in [-0.3, -0.25) is 4.79 Å². The summed E-state index contributed by atoms with van der Waals surface area (Å²) in [5.41, 5.74) is -0.788. The van der Waals surface area contributed by atoms with E-state index in [-0.39, 0.29) is 24.0 Å². The molecule has 4 atom stereocenters. The van der Waals surface area contributed by atoms with Gasteiger partial charge in [0.1, 0.15) is 0 Å². The Morgan fingerprint density at radius 2 is 2.10 bits per heavy atom. The van der Waals surface area contributed by atoms with Crippen molar-refractivity contribution >= 4 is 17.5 Å². The van der Waals surface area contributed by atoms with Crippen LogP contribution in [0.4, 0.5) is 0 Å². The van der Waals surface area contributed by atoms with Crippen LogP contribution in [0.1, 0.15) is 66.2 Å². The number of carbonyl (C=O) groups is 1. The minimum absolute atomic E-state index is 0.0907. The van der Waals surface area contributed by atoms with Crippen molar-refractivity contribution in [1.29, 1.82) is 0 Å². The summed E-state index contributed by atoms with van der Waals surface area (Å²) in [6, 6.07) is 0. The quantitative estimate of drug-likeness (QED) is 0.580. The van der Waals surface area contributed by atoms with Gasteiger partial charge in [-0.1, -0.05) is 57.9 Å². The first-order chi connectivity index (χ1) is 13.8. The maximum absolute atomic E-state index is 13.8. The highest BCUT2D eigenvalue weighted by atomic mass is 35.5. The van der Waals surface area contributed by atoms with Gasteiger partial charge >= 0.3 is 0 Å². The van der Waals surface area contributed by atoms with Crippen molar-refractivity contribution in [1.82, 2.24) is 4.90 Å². The Morgan fingerprint density at radius 3 is 2.72 bits per heavy atom. The van der Waals surface area contributed by atoms with Crippen LogP contribution in [0, 0.1) is 17.8 Å². The van der Waals surface area contributed by atoms with Crippen molar-refractivity contribution in [3.05, 3.63) is 23.3 Å². The summed E-state index contributed by atoms with van der Waals surface area (Å²) in [7, 11) is 0. The zero-order chi connectivity index (χ0) is 21.0. The lowest BCUT2D eigenvalue weighted by molar-refractivity contribution is -0.191. The third-order valence-electron chi connectivity index (χ3n) is 6.93. The Bertz CT molecular complexity index is 622. The molecule has 2 heterocycles. The number of allylic oxidation sites excluding steroid dienone is 2. The minimum Gasteiger partial charge on any atom is -0.378 e. The highest BCUT2D eigenvalue weighted by Gasteiger charge is 2.48. The van der Waals surface area contributed by atoms with Crippen molar-refractivity contribution in [3.63, 3.8) is 0 Å². The molecular formula is C24H38ClNO3. The highest BCUT2D eigenvalue weighted by molar-refractivity contribution is 6.31. The summed E-state index contributed by atoms with van der Waals surface area (Å²) in [6.45, 7) is 11.1. The Kier molecular flexibility index (Phi) is 7.86. The molecule has 5 heteroatoms. The molecule has 2 aliphatic heterocycles. The first-order valence-corrected chi connectivity index (χ1v) is 11.9. The lowest BCUT2D eigenvalue weighted by Gasteiger charge is -2.46. The van der Waals surface area contributed by atoms with Crippen LogP contribution in [-0.2, 0) is 14.3 Å². The molecule has 0 bridgehead atoms. The van der Waals surface area contributed by atoms with Gasteiger partial charge < -0.3 is 14.4 Å². The number of hydrogen-bond acceptors (Lipinski definition) is 3. The second kappa shape index (κ2) is 9.98. The molecule has 0 N–H and O–H groups in total. The molecule has 1 amide bonds. The van der Waals surface area contributed by atoms with Gasteiger partial charge in [-0.15, -0.1) is 0 Å². The number of likely N-dealkylation sites (tertiary alicyclic amines) is 1. The van der Waals surface area contributed by atoms with Gasteiger partial charge in [-0.05, 0) is 37.2 Å². The molecule has 4 nitrogen and oxygen atoms in total. The van der Waals surface area contributed by atoms with Gasteiger partial charge in [-0.25, -0.2) is 0 Å². The summed E-state index contributed by atoms with van der Waals surface area (Å²) in [4.78, 5) is 15.9. The van der Waals surface area contributed by atoms with Gasteiger partial charge in [0.05, 0.1) is 18.8 Å². The Labute approximate surface area is 181 Å². The Morgan fingerprint density at radius 1 is 1.38 bits per heavy atom. The predicted molar refractivity (Wildman–Crippen MR) is 118 cm³/mol. The van der Waals surface area contributed by atoms with Crippen LogP contribution in [0.2, 0.25) is 0 Å². The van der Waals surface area contributed by atoms with Crippen LogP contribution in [0.15, 0.2) is 23.3 Å². The van der Waals surface area contributed by atoms with Crippen molar-refractivity contribution in [2.75, 3.05) is 19.7 Å². The summed E-state index contributed by atoms with van der Waals surface area (Å²) < 4.78 is 12.7. The smallest absolute Gasteiger partial charge is 0.255 e. The molecule has 164 valence electrons. The molecule has 2 saturated heterocycles. The largest absolute Gasteiger partial charge is 0.378 e. The fraction of sp³-hybridized carbons (Fsp3) is 0.792. The topological polar surface area (TPSA) is 38.8 Å². The van der Waals surface area contributed by atoms with Crippen molar-refractivity contribution in [2.24, 2.45) is 17.8 Å². The average Bonchev–Trinajstić information content (AvgIpc) is 2.70. The van der Waals surface area contributed by atoms with Crippen molar-refractivity contribution in [3.8, 4) is 0 Å². The van der Waals surface area contributed by atoms with Crippen LogP contribution in [0.25, 0.3) is 0 Å². The number of ether oxygens (including phenoxy) is 2. The van der Waals surface area contributed by atoms with E-state index in [1.165, 1.54) is 0 Å². The van der Waals surface area contributed by atoms with E-state index in [2.05, 4.69) is 32.6 Å². The number of nitrogens with zero attached hydrogens (tertiary/aromatic N) is 1. The molecule has 0 aromatic heterocycles. The first-order valence-electron chi connectivity index (χ1n) is 11.5. The molecule has 0 radical (unpaired) electrons. The second-order valence-electron chi connectivity index (χ2n) is 9.46. The van der Waals surface area contributed by atoms with Crippen LogP contribution < -0.4 is 0 Å². The predicted octanol–water partition coefficient (Wildman–Crippen LogP) is 5.31. The van der Waals surface area contributed by atoms with Gasteiger partial charge in [0, 0.05) is 36.9 Å². The zero-order valence-corrected chi connectivity index (χ0v) is 19.3.